The van der Waals surface area contributed by atoms with Crippen molar-refractivity contribution in [1.29, 1.82) is 5.26 Å². The van der Waals surface area contributed by atoms with Crippen molar-refractivity contribution < 1.29 is 19.0 Å². The number of hydrogen-bond donors (Lipinski definition) is 2. The van der Waals surface area contributed by atoms with Gasteiger partial charge in [0, 0.05) is 25.5 Å². The molecule has 0 radical (unpaired) electrons. The van der Waals surface area contributed by atoms with Gasteiger partial charge in [0.15, 0.2) is 0 Å². The molecule has 30 heavy (non-hydrogen) atoms. The van der Waals surface area contributed by atoms with Crippen LogP contribution < -0.4 is 15.5 Å². The topological polar surface area (TPSA) is 95.9 Å². The van der Waals surface area contributed by atoms with Gasteiger partial charge in [0.25, 0.3) is 0 Å². The largest absolute Gasteiger partial charge is 0.491 e. The highest BCUT2D eigenvalue weighted by Gasteiger charge is 2.35. The number of ether oxygens (including phenoxy) is 3. The molecule has 0 spiro atoms. The fraction of sp³-hybridized carbons (Fsp3) is 0.545. The Kier molecular flexibility index (Phi) is 6.11. The molecule has 0 aliphatic carbocycles. The monoisotopic (exact) mass is 412 g/mol. The summed E-state index contributed by atoms with van der Waals surface area (Å²) < 4.78 is 17.4. The predicted octanol–water partition coefficient (Wildman–Crippen LogP) is 1.61. The predicted molar refractivity (Wildman–Crippen MR) is 109 cm³/mol. The number of nitrogens with one attached hydrogen (secondary N) is 2. The number of amides is 1. The summed E-state index contributed by atoms with van der Waals surface area (Å²) in [5, 5.41) is 14.0. The molecule has 1 amide bonds. The summed E-state index contributed by atoms with van der Waals surface area (Å²) >= 11 is 0. The Morgan fingerprint density at radius 2 is 2.33 bits per heavy atom. The van der Waals surface area contributed by atoms with Gasteiger partial charge in [-0.25, -0.2) is 5.43 Å². The maximum absolute atomic E-state index is 12.8. The number of nitriles is 1. The van der Waals surface area contributed by atoms with Crippen molar-refractivity contribution in [1.82, 2.24) is 15.8 Å². The zero-order valence-corrected chi connectivity index (χ0v) is 17.4. The second-order valence-corrected chi connectivity index (χ2v) is 8.16. The highest BCUT2D eigenvalue weighted by Crippen LogP contribution is 2.27. The molecule has 0 aromatic heterocycles. The third-order valence-corrected chi connectivity index (χ3v) is 5.45. The van der Waals surface area contributed by atoms with Crippen LogP contribution in [0.25, 0.3) is 0 Å². The molecule has 3 unspecified atom stereocenters. The van der Waals surface area contributed by atoms with Crippen LogP contribution in [0.3, 0.4) is 0 Å². The van der Waals surface area contributed by atoms with E-state index in [4.69, 9.17) is 19.5 Å². The zero-order chi connectivity index (χ0) is 21.1. The van der Waals surface area contributed by atoms with E-state index in [2.05, 4.69) is 16.8 Å². The molecule has 4 rings (SSSR count). The summed E-state index contributed by atoms with van der Waals surface area (Å²) in [6.45, 7) is 5.91. The summed E-state index contributed by atoms with van der Waals surface area (Å²) in [5.41, 5.74) is 4.73. The van der Waals surface area contributed by atoms with Gasteiger partial charge in [-0.3, -0.25) is 9.80 Å². The average molecular weight is 412 g/mol. The molecule has 8 nitrogen and oxygen atoms in total. The molecule has 3 atom stereocenters. The summed E-state index contributed by atoms with van der Waals surface area (Å²) in [4.78, 5) is 12.8. The zero-order valence-electron chi connectivity index (χ0n) is 17.4. The molecule has 1 aromatic carbocycles. The van der Waals surface area contributed by atoms with E-state index in [1.807, 2.05) is 37.1 Å². The molecular formula is C22H28N4O4. The van der Waals surface area contributed by atoms with Gasteiger partial charge in [0.2, 0.25) is 11.8 Å². The molecule has 1 saturated heterocycles. The Morgan fingerprint density at radius 1 is 1.47 bits per heavy atom. The van der Waals surface area contributed by atoms with Gasteiger partial charge in [-0.15, -0.1) is 0 Å². The first-order valence-corrected chi connectivity index (χ1v) is 10.5. The standard InChI is InChI=1S/C22H28N4O4/c1-14(2)28-8-6-18-5-7-26-21(30-18)11-19(25-26)22(27)24-17-10-16-9-15(12-23)3-4-20(16)29-13-17/h3-4,9,11,14,17-19,25H,5-8,10,13H2,1-2H3,(H,24,27). The van der Waals surface area contributed by atoms with E-state index in [-0.39, 0.29) is 24.2 Å². The Morgan fingerprint density at radius 3 is 3.13 bits per heavy atom. The highest BCUT2D eigenvalue weighted by atomic mass is 16.5. The van der Waals surface area contributed by atoms with E-state index in [1.54, 1.807) is 6.07 Å². The fourth-order valence-electron chi connectivity index (χ4n) is 3.90. The quantitative estimate of drug-likeness (QED) is 0.733. The van der Waals surface area contributed by atoms with Crippen LogP contribution in [0, 0.1) is 11.3 Å². The number of rotatable bonds is 6. The molecule has 0 saturated carbocycles. The Labute approximate surface area is 176 Å². The van der Waals surface area contributed by atoms with E-state index >= 15 is 0 Å². The number of nitrogens with zero attached hydrogens (tertiary/aromatic N) is 2. The second kappa shape index (κ2) is 8.94. The Balaban J connectivity index is 1.30. The normalized spacial score (nSPS) is 24.8. The van der Waals surface area contributed by atoms with Gasteiger partial charge >= 0.3 is 0 Å². The summed E-state index contributed by atoms with van der Waals surface area (Å²) in [5.74, 6) is 1.37. The molecule has 3 aliphatic heterocycles. The Hall–Kier alpha value is -2.76. The van der Waals surface area contributed by atoms with Crippen LogP contribution in [-0.2, 0) is 20.7 Å². The minimum Gasteiger partial charge on any atom is -0.491 e. The summed E-state index contributed by atoms with van der Waals surface area (Å²) in [6, 6.07) is 6.90. The third-order valence-electron chi connectivity index (χ3n) is 5.45. The van der Waals surface area contributed by atoms with Gasteiger partial charge in [-0.1, -0.05) is 0 Å². The molecule has 8 heteroatoms. The minimum absolute atomic E-state index is 0.104. The van der Waals surface area contributed by atoms with E-state index in [0.29, 0.717) is 31.1 Å². The van der Waals surface area contributed by atoms with Crippen LogP contribution >= 0.6 is 0 Å². The number of hydrazine groups is 1. The number of fused-ring (bicyclic) bond motifs is 2. The molecular weight excluding hydrogens is 384 g/mol. The SMILES string of the molecule is CC(C)OCCC1CCN2NC(C(=O)NC3COc4ccc(C#N)cc4C3)C=C2O1. The van der Waals surface area contributed by atoms with Crippen LogP contribution in [0.15, 0.2) is 30.2 Å². The van der Waals surface area contributed by atoms with Crippen LogP contribution in [0.4, 0.5) is 0 Å². The molecule has 2 N–H and O–H groups in total. The molecule has 0 bridgehead atoms. The van der Waals surface area contributed by atoms with Crippen molar-refractivity contribution in [3.05, 3.63) is 41.3 Å². The van der Waals surface area contributed by atoms with Gasteiger partial charge < -0.3 is 19.5 Å². The lowest BCUT2D eigenvalue weighted by Gasteiger charge is -2.33. The van der Waals surface area contributed by atoms with Crippen molar-refractivity contribution >= 4 is 5.91 Å². The first-order chi connectivity index (χ1) is 14.5. The fourth-order valence-corrected chi connectivity index (χ4v) is 3.90. The maximum atomic E-state index is 12.8. The molecule has 3 aliphatic rings. The molecule has 3 heterocycles. The Bertz CT molecular complexity index is 863. The first kappa shape index (κ1) is 20.5. The third kappa shape index (κ3) is 4.69. The van der Waals surface area contributed by atoms with Gasteiger partial charge in [-0.05, 0) is 44.0 Å². The smallest absolute Gasteiger partial charge is 0.243 e. The van der Waals surface area contributed by atoms with Crippen LogP contribution in [0.5, 0.6) is 5.75 Å². The van der Waals surface area contributed by atoms with E-state index < -0.39 is 6.04 Å². The summed E-state index contributed by atoms with van der Waals surface area (Å²) in [6.07, 6.45) is 4.51. The molecule has 1 fully saturated rings. The van der Waals surface area contributed by atoms with Gasteiger partial charge in [-0.2, -0.15) is 5.26 Å². The van der Waals surface area contributed by atoms with Gasteiger partial charge in [0.1, 0.15) is 24.5 Å². The van der Waals surface area contributed by atoms with E-state index in [9.17, 15) is 4.79 Å². The highest BCUT2D eigenvalue weighted by molar-refractivity contribution is 5.84. The first-order valence-electron chi connectivity index (χ1n) is 10.5. The molecule has 1 aromatic rings. The maximum Gasteiger partial charge on any atom is 0.243 e. The molecule has 160 valence electrons. The van der Waals surface area contributed by atoms with Crippen molar-refractivity contribution in [3.63, 3.8) is 0 Å². The lowest BCUT2D eigenvalue weighted by molar-refractivity contribution is -0.124. The van der Waals surface area contributed by atoms with Crippen molar-refractivity contribution in [2.75, 3.05) is 19.8 Å². The van der Waals surface area contributed by atoms with Crippen LogP contribution in [0.2, 0.25) is 0 Å². The van der Waals surface area contributed by atoms with Gasteiger partial charge in [0.05, 0.1) is 30.4 Å². The second-order valence-electron chi connectivity index (χ2n) is 8.16. The number of carbonyl (C=O) groups excluding carboxylic acids is 1. The average Bonchev–Trinajstić information content (AvgIpc) is 3.16. The van der Waals surface area contributed by atoms with Crippen molar-refractivity contribution in [2.45, 2.75) is 57.4 Å². The minimum atomic E-state index is -0.475. The lowest BCUT2D eigenvalue weighted by atomic mass is 10.0. The lowest BCUT2D eigenvalue weighted by Crippen LogP contribution is -2.52. The number of benzene rings is 1. The van der Waals surface area contributed by atoms with Crippen LogP contribution in [0.1, 0.15) is 37.8 Å². The van der Waals surface area contributed by atoms with E-state index in [0.717, 1.165) is 30.7 Å². The van der Waals surface area contributed by atoms with Crippen LogP contribution in [-0.4, -0.2) is 55.0 Å². The number of hydrogen-bond acceptors (Lipinski definition) is 7. The van der Waals surface area contributed by atoms with Crippen molar-refractivity contribution in [2.24, 2.45) is 0 Å². The summed E-state index contributed by atoms with van der Waals surface area (Å²) in [7, 11) is 0. The van der Waals surface area contributed by atoms with E-state index in [1.165, 1.54) is 0 Å². The number of carbonyl (C=O) groups is 1. The van der Waals surface area contributed by atoms with Crippen molar-refractivity contribution in [3.8, 4) is 11.8 Å².